The number of fused-ring (bicyclic) bond motifs is 1. The Labute approximate surface area is 126 Å². The monoisotopic (exact) mass is 288 g/mol. The van der Waals surface area contributed by atoms with Crippen LogP contribution in [-0.2, 0) is 17.6 Å². The number of ether oxygens (including phenoxy) is 1. The Morgan fingerprint density at radius 2 is 2.19 bits per heavy atom. The summed E-state index contributed by atoms with van der Waals surface area (Å²) in [7, 11) is 0. The normalized spacial score (nSPS) is 24.4. The van der Waals surface area contributed by atoms with Crippen LogP contribution in [0.15, 0.2) is 18.2 Å². The number of rotatable bonds is 5. The highest BCUT2D eigenvalue weighted by atomic mass is 16.5. The van der Waals surface area contributed by atoms with Crippen molar-refractivity contribution in [1.29, 1.82) is 0 Å². The third kappa shape index (κ3) is 3.38. The van der Waals surface area contributed by atoms with Crippen LogP contribution in [0.2, 0.25) is 0 Å². The quantitative estimate of drug-likeness (QED) is 0.868. The van der Waals surface area contributed by atoms with E-state index in [0.29, 0.717) is 0 Å². The number of primary amides is 1. The van der Waals surface area contributed by atoms with Gasteiger partial charge in [0.05, 0.1) is 12.5 Å². The SMILES string of the molecule is NC(=O)[C@@H]1CCCC[C@H]1NCCc1ccc2c(c1)CCO2. The fraction of sp³-hybridized carbons (Fsp3) is 0.588. The number of carbonyl (C=O) groups excluding carboxylic acids is 1. The number of nitrogens with one attached hydrogen (secondary N) is 1. The Morgan fingerprint density at radius 1 is 1.33 bits per heavy atom. The summed E-state index contributed by atoms with van der Waals surface area (Å²) in [6, 6.07) is 6.72. The molecule has 4 heteroatoms. The van der Waals surface area contributed by atoms with Crippen molar-refractivity contribution in [2.75, 3.05) is 13.2 Å². The van der Waals surface area contributed by atoms with Crippen molar-refractivity contribution < 1.29 is 9.53 Å². The van der Waals surface area contributed by atoms with E-state index in [-0.39, 0.29) is 17.9 Å². The lowest BCUT2D eigenvalue weighted by Gasteiger charge is -2.30. The molecule has 3 rings (SSSR count). The second-order valence-electron chi connectivity index (χ2n) is 6.14. The minimum atomic E-state index is -0.151. The predicted octanol–water partition coefficient (Wildman–Crippen LogP) is 1.80. The van der Waals surface area contributed by atoms with Gasteiger partial charge < -0.3 is 15.8 Å². The molecule has 0 radical (unpaired) electrons. The van der Waals surface area contributed by atoms with Gasteiger partial charge in [0.15, 0.2) is 0 Å². The molecule has 4 nitrogen and oxygen atoms in total. The zero-order valence-corrected chi connectivity index (χ0v) is 12.4. The highest BCUT2D eigenvalue weighted by Gasteiger charge is 2.28. The summed E-state index contributed by atoms with van der Waals surface area (Å²) in [5, 5.41) is 3.54. The molecule has 1 heterocycles. The zero-order valence-electron chi connectivity index (χ0n) is 12.4. The lowest BCUT2D eigenvalue weighted by molar-refractivity contribution is -0.123. The van der Waals surface area contributed by atoms with Crippen LogP contribution in [0.5, 0.6) is 5.75 Å². The molecule has 3 N–H and O–H groups in total. The number of amides is 1. The van der Waals surface area contributed by atoms with E-state index in [1.165, 1.54) is 17.5 Å². The molecule has 0 saturated heterocycles. The van der Waals surface area contributed by atoms with Gasteiger partial charge in [0.25, 0.3) is 0 Å². The van der Waals surface area contributed by atoms with Crippen LogP contribution in [0.3, 0.4) is 0 Å². The molecular formula is C17H24N2O2. The molecule has 0 bridgehead atoms. The van der Waals surface area contributed by atoms with Crippen molar-refractivity contribution >= 4 is 5.91 Å². The number of nitrogens with two attached hydrogens (primary N) is 1. The summed E-state index contributed by atoms with van der Waals surface area (Å²) in [6.45, 7) is 1.70. The molecule has 1 aliphatic heterocycles. The van der Waals surface area contributed by atoms with E-state index in [4.69, 9.17) is 10.5 Å². The molecule has 1 amide bonds. The van der Waals surface area contributed by atoms with Gasteiger partial charge >= 0.3 is 0 Å². The maximum Gasteiger partial charge on any atom is 0.222 e. The third-order valence-corrected chi connectivity index (χ3v) is 4.71. The predicted molar refractivity (Wildman–Crippen MR) is 82.3 cm³/mol. The Balaban J connectivity index is 1.52. The van der Waals surface area contributed by atoms with Gasteiger partial charge in [-0.25, -0.2) is 0 Å². The van der Waals surface area contributed by atoms with E-state index in [1.807, 2.05) is 0 Å². The van der Waals surface area contributed by atoms with Gasteiger partial charge in [-0.05, 0) is 43.0 Å². The average molecular weight is 288 g/mol. The zero-order chi connectivity index (χ0) is 14.7. The topological polar surface area (TPSA) is 64.4 Å². The highest BCUT2D eigenvalue weighted by Crippen LogP contribution is 2.26. The molecule has 114 valence electrons. The fourth-order valence-electron chi connectivity index (χ4n) is 3.51. The van der Waals surface area contributed by atoms with Crippen molar-refractivity contribution in [3.63, 3.8) is 0 Å². The first-order valence-corrected chi connectivity index (χ1v) is 8.01. The molecule has 0 aromatic heterocycles. The highest BCUT2D eigenvalue weighted by molar-refractivity contribution is 5.77. The van der Waals surface area contributed by atoms with Crippen molar-refractivity contribution in [3.8, 4) is 5.75 Å². The lowest BCUT2D eigenvalue weighted by atomic mass is 9.84. The largest absolute Gasteiger partial charge is 0.493 e. The Kier molecular flexibility index (Phi) is 4.44. The smallest absolute Gasteiger partial charge is 0.222 e. The van der Waals surface area contributed by atoms with Gasteiger partial charge in [-0.3, -0.25) is 4.79 Å². The summed E-state index contributed by atoms with van der Waals surface area (Å²) >= 11 is 0. The molecule has 1 aromatic rings. The van der Waals surface area contributed by atoms with E-state index in [2.05, 4.69) is 23.5 Å². The van der Waals surface area contributed by atoms with E-state index in [9.17, 15) is 4.79 Å². The summed E-state index contributed by atoms with van der Waals surface area (Å²) in [4.78, 5) is 11.5. The third-order valence-electron chi connectivity index (χ3n) is 4.71. The van der Waals surface area contributed by atoms with Crippen molar-refractivity contribution in [3.05, 3.63) is 29.3 Å². The average Bonchev–Trinajstić information content (AvgIpc) is 2.95. The number of benzene rings is 1. The summed E-state index contributed by atoms with van der Waals surface area (Å²) in [6.07, 6.45) is 6.31. The molecule has 0 spiro atoms. The maximum absolute atomic E-state index is 11.5. The van der Waals surface area contributed by atoms with Crippen molar-refractivity contribution in [1.82, 2.24) is 5.32 Å². The lowest BCUT2D eigenvalue weighted by Crippen LogP contribution is -2.45. The van der Waals surface area contributed by atoms with Gasteiger partial charge in [0, 0.05) is 12.5 Å². The van der Waals surface area contributed by atoms with Crippen molar-refractivity contribution in [2.24, 2.45) is 11.7 Å². The molecule has 2 aliphatic rings. The Hall–Kier alpha value is -1.55. The Bertz CT molecular complexity index is 516. The molecule has 2 atom stereocenters. The van der Waals surface area contributed by atoms with E-state index in [1.54, 1.807) is 0 Å². The fourth-order valence-corrected chi connectivity index (χ4v) is 3.51. The van der Waals surface area contributed by atoms with Gasteiger partial charge in [0.2, 0.25) is 5.91 Å². The molecule has 1 aromatic carbocycles. The second kappa shape index (κ2) is 6.48. The first-order valence-electron chi connectivity index (χ1n) is 8.01. The van der Waals surface area contributed by atoms with Gasteiger partial charge in [0.1, 0.15) is 5.75 Å². The van der Waals surface area contributed by atoms with Gasteiger partial charge in [-0.2, -0.15) is 0 Å². The number of carbonyl (C=O) groups is 1. The minimum Gasteiger partial charge on any atom is -0.493 e. The number of hydrogen-bond acceptors (Lipinski definition) is 3. The molecule has 21 heavy (non-hydrogen) atoms. The van der Waals surface area contributed by atoms with E-state index < -0.39 is 0 Å². The second-order valence-corrected chi connectivity index (χ2v) is 6.14. The first kappa shape index (κ1) is 14.4. The van der Waals surface area contributed by atoms with Crippen LogP contribution in [-0.4, -0.2) is 25.1 Å². The molecule has 0 unspecified atom stereocenters. The van der Waals surface area contributed by atoms with Gasteiger partial charge in [-0.1, -0.05) is 25.0 Å². The van der Waals surface area contributed by atoms with E-state index in [0.717, 1.165) is 51.0 Å². The molecule has 1 saturated carbocycles. The number of hydrogen-bond donors (Lipinski definition) is 2. The summed E-state index contributed by atoms with van der Waals surface area (Å²) in [5.74, 6) is 0.891. The summed E-state index contributed by atoms with van der Waals surface area (Å²) in [5.41, 5.74) is 8.16. The molecular weight excluding hydrogens is 264 g/mol. The van der Waals surface area contributed by atoms with Crippen molar-refractivity contribution in [2.45, 2.75) is 44.6 Å². The van der Waals surface area contributed by atoms with Crippen LogP contribution in [0.4, 0.5) is 0 Å². The Morgan fingerprint density at radius 3 is 3.05 bits per heavy atom. The van der Waals surface area contributed by atoms with Crippen LogP contribution in [0.25, 0.3) is 0 Å². The molecule has 1 aliphatic carbocycles. The van der Waals surface area contributed by atoms with Crippen LogP contribution < -0.4 is 15.8 Å². The van der Waals surface area contributed by atoms with Crippen LogP contribution >= 0.6 is 0 Å². The maximum atomic E-state index is 11.5. The first-order chi connectivity index (χ1) is 10.2. The van der Waals surface area contributed by atoms with E-state index >= 15 is 0 Å². The van der Waals surface area contributed by atoms with Gasteiger partial charge in [-0.15, -0.1) is 0 Å². The van der Waals surface area contributed by atoms with Crippen LogP contribution in [0.1, 0.15) is 36.8 Å². The summed E-state index contributed by atoms with van der Waals surface area (Å²) < 4.78 is 5.53. The molecule has 1 fully saturated rings. The minimum absolute atomic E-state index is 0.00664. The standard InChI is InChI=1S/C17H24N2O2/c18-17(20)14-3-1-2-4-15(14)19-9-7-12-5-6-16-13(11-12)8-10-21-16/h5-6,11,14-15,19H,1-4,7-10H2,(H2,18,20)/t14-,15-/m1/s1. The van der Waals surface area contributed by atoms with Crippen LogP contribution in [0, 0.1) is 5.92 Å².